The third kappa shape index (κ3) is 1.92. The van der Waals surface area contributed by atoms with Crippen molar-refractivity contribution in [1.82, 2.24) is 0 Å². The average Bonchev–Trinajstić information content (AvgIpc) is 2.17. The Morgan fingerprint density at radius 2 is 2.00 bits per heavy atom. The van der Waals surface area contributed by atoms with Gasteiger partial charge in [0.2, 0.25) is 0 Å². The van der Waals surface area contributed by atoms with E-state index in [9.17, 15) is 4.79 Å². The van der Waals surface area contributed by atoms with E-state index in [2.05, 4.69) is 0 Å². The van der Waals surface area contributed by atoms with Gasteiger partial charge in [-0.15, -0.1) is 0 Å². The molecule has 1 aromatic rings. The Hall–Kier alpha value is -1.61. The summed E-state index contributed by atoms with van der Waals surface area (Å²) in [6, 6.07) is 9.83. The average molecular weight is 204 g/mol. The van der Waals surface area contributed by atoms with Gasteiger partial charge in [0.15, 0.2) is 0 Å². The molecule has 0 spiro atoms. The predicted molar refractivity (Wildman–Crippen MR) is 55.7 cm³/mol. The molecule has 0 bridgehead atoms. The van der Waals surface area contributed by atoms with Crippen molar-refractivity contribution >= 4 is 5.97 Å². The number of hydrogen-bond acceptors (Lipinski definition) is 2. The molecule has 15 heavy (non-hydrogen) atoms. The van der Waals surface area contributed by atoms with Gasteiger partial charge in [0.1, 0.15) is 0 Å². The van der Waals surface area contributed by atoms with Gasteiger partial charge in [-0.05, 0) is 5.56 Å². The molecule has 1 saturated heterocycles. The molecule has 1 aliphatic rings. The topological polar surface area (TPSA) is 46.5 Å². The Bertz CT molecular complexity index is 377. The fraction of sp³-hybridized carbons (Fsp3) is 0.250. The molecule has 0 atom stereocenters. The maximum Gasteiger partial charge on any atom is 0.328 e. The summed E-state index contributed by atoms with van der Waals surface area (Å²) in [5.74, 6) is -0.919. The first-order valence-electron chi connectivity index (χ1n) is 4.78. The van der Waals surface area contributed by atoms with Crippen LogP contribution in [0.3, 0.4) is 0 Å². The zero-order valence-corrected chi connectivity index (χ0v) is 8.22. The highest BCUT2D eigenvalue weighted by atomic mass is 16.5. The molecule has 0 aliphatic carbocycles. The normalized spacial score (nSPS) is 18.7. The molecule has 2 rings (SSSR count). The third-order valence-electron chi connectivity index (χ3n) is 2.61. The standard InChI is InChI=1S/C12H12O3/c13-11(14)6-7-12(8-15-9-12)10-4-2-1-3-5-10/h1-7H,8-9H2,(H,13,14)/b7-6+. The molecule has 3 heteroatoms. The van der Waals surface area contributed by atoms with Crippen LogP contribution in [0.1, 0.15) is 5.56 Å². The quantitative estimate of drug-likeness (QED) is 0.760. The lowest BCUT2D eigenvalue weighted by Gasteiger charge is -2.39. The van der Waals surface area contributed by atoms with E-state index >= 15 is 0 Å². The van der Waals surface area contributed by atoms with Crippen LogP contribution in [-0.2, 0) is 14.9 Å². The van der Waals surface area contributed by atoms with Gasteiger partial charge >= 0.3 is 5.97 Å². The zero-order valence-electron chi connectivity index (χ0n) is 8.22. The van der Waals surface area contributed by atoms with Gasteiger partial charge < -0.3 is 9.84 Å². The van der Waals surface area contributed by atoms with Gasteiger partial charge in [-0.25, -0.2) is 4.79 Å². The molecular formula is C12H12O3. The first-order chi connectivity index (χ1) is 7.23. The Morgan fingerprint density at radius 3 is 2.47 bits per heavy atom. The van der Waals surface area contributed by atoms with Crippen molar-refractivity contribution in [1.29, 1.82) is 0 Å². The van der Waals surface area contributed by atoms with Crippen LogP contribution in [0, 0.1) is 0 Å². The number of benzene rings is 1. The second-order valence-electron chi connectivity index (χ2n) is 3.69. The largest absolute Gasteiger partial charge is 0.478 e. The minimum absolute atomic E-state index is 0.236. The van der Waals surface area contributed by atoms with Crippen molar-refractivity contribution in [2.75, 3.05) is 13.2 Å². The van der Waals surface area contributed by atoms with Crippen LogP contribution in [0.2, 0.25) is 0 Å². The minimum atomic E-state index is -0.919. The summed E-state index contributed by atoms with van der Waals surface area (Å²) in [6.07, 6.45) is 2.91. The first-order valence-corrected chi connectivity index (χ1v) is 4.78. The summed E-state index contributed by atoms with van der Waals surface area (Å²) in [5.41, 5.74) is 0.869. The lowest BCUT2D eigenvalue weighted by molar-refractivity contribution is -0.131. The molecule has 1 fully saturated rings. The lowest BCUT2D eigenvalue weighted by atomic mass is 9.78. The SMILES string of the molecule is O=C(O)/C=C/C1(c2ccccc2)COC1. The van der Waals surface area contributed by atoms with Crippen molar-refractivity contribution in [3.63, 3.8) is 0 Å². The van der Waals surface area contributed by atoms with Crippen molar-refractivity contribution in [3.05, 3.63) is 48.0 Å². The van der Waals surface area contributed by atoms with Crippen LogP contribution in [0.25, 0.3) is 0 Å². The van der Waals surface area contributed by atoms with E-state index in [0.717, 1.165) is 5.56 Å². The number of carbonyl (C=O) groups is 1. The molecule has 1 aromatic carbocycles. The second kappa shape index (κ2) is 3.87. The van der Waals surface area contributed by atoms with Crippen molar-refractivity contribution < 1.29 is 14.6 Å². The molecule has 0 saturated carbocycles. The first kappa shape index (κ1) is 9.93. The van der Waals surface area contributed by atoms with E-state index < -0.39 is 5.97 Å². The number of aliphatic carboxylic acids is 1. The highest BCUT2D eigenvalue weighted by Crippen LogP contribution is 2.33. The van der Waals surface area contributed by atoms with E-state index in [4.69, 9.17) is 9.84 Å². The second-order valence-corrected chi connectivity index (χ2v) is 3.69. The summed E-state index contributed by atoms with van der Waals surface area (Å²) in [5, 5.41) is 8.62. The number of hydrogen-bond donors (Lipinski definition) is 1. The Morgan fingerprint density at radius 1 is 1.33 bits per heavy atom. The molecule has 1 heterocycles. The maximum absolute atomic E-state index is 10.5. The van der Waals surface area contributed by atoms with Gasteiger partial charge in [-0.3, -0.25) is 0 Å². The Balaban J connectivity index is 2.26. The number of carboxylic acid groups (broad SMARTS) is 1. The molecule has 0 aromatic heterocycles. The number of ether oxygens (including phenoxy) is 1. The molecule has 1 N–H and O–H groups in total. The van der Waals surface area contributed by atoms with E-state index in [0.29, 0.717) is 13.2 Å². The van der Waals surface area contributed by atoms with Crippen molar-refractivity contribution in [2.45, 2.75) is 5.41 Å². The van der Waals surface area contributed by atoms with E-state index in [1.165, 1.54) is 6.08 Å². The number of rotatable bonds is 3. The molecule has 3 nitrogen and oxygen atoms in total. The smallest absolute Gasteiger partial charge is 0.328 e. The van der Waals surface area contributed by atoms with Crippen molar-refractivity contribution in [2.24, 2.45) is 0 Å². The fourth-order valence-corrected chi connectivity index (χ4v) is 1.68. The summed E-state index contributed by atoms with van der Waals surface area (Å²) in [6.45, 7) is 1.11. The fourth-order valence-electron chi connectivity index (χ4n) is 1.68. The zero-order chi connectivity index (χ0) is 10.7. The van der Waals surface area contributed by atoms with E-state index in [1.54, 1.807) is 6.08 Å². The van der Waals surface area contributed by atoms with Crippen LogP contribution in [0.4, 0.5) is 0 Å². The molecule has 1 aliphatic heterocycles. The Labute approximate surface area is 88.0 Å². The van der Waals surface area contributed by atoms with E-state index in [-0.39, 0.29) is 5.41 Å². The van der Waals surface area contributed by atoms with Gasteiger partial charge in [-0.2, -0.15) is 0 Å². The highest BCUT2D eigenvalue weighted by molar-refractivity contribution is 5.80. The molecule has 0 unspecified atom stereocenters. The van der Waals surface area contributed by atoms with Crippen LogP contribution in [-0.4, -0.2) is 24.3 Å². The Kier molecular flexibility index (Phi) is 2.56. The lowest BCUT2D eigenvalue weighted by Crippen LogP contribution is -2.45. The van der Waals surface area contributed by atoms with Crippen LogP contribution in [0.15, 0.2) is 42.5 Å². The summed E-state index contributed by atoms with van der Waals surface area (Å²) < 4.78 is 5.18. The van der Waals surface area contributed by atoms with Gasteiger partial charge in [0, 0.05) is 6.08 Å². The predicted octanol–water partition coefficient (Wildman–Crippen LogP) is 1.60. The van der Waals surface area contributed by atoms with Gasteiger partial charge in [0.05, 0.1) is 18.6 Å². The van der Waals surface area contributed by atoms with Gasteiger partial charge in [-0.1, -0.05) is 36.4 Å². The molecular weight excluding hydrogens is 192 g/mol. The van der Waals surface area contributed by atoms with Gasteiger partial charge in [0.25, 0.3) is 0 Å². The minimum Gasteiger partial charge on any atom is -0.478 e. The monoisotopic (exact) mass is 204 g/mol. The highest BCUT2D eigenvalue weighted by Gasteiger charge is 2.37. The van der Waals surface area contributed by atoms with Crippen LogP contribution < -0.4 is 0 Å². The molecule has 0 amide bonds. The van der Waals surface area contributed by atoms with Crippen LogP contribution in [0.5, 0.6) is 0 Å². The summed E-state index contributed by atoms with van der Waals surface area (Å²) in [7, 11) is 0. The summed E-state index contributed by atoms with van der Waals surface area (Å²) >= 11 is 0. The molecule has 78 valence electrons. The van der Waals surface area contributed by atoms with E-state index in [1.807, 2.05) is 30.3 Å². The summed E-state index contributed by atoms with van der Waals surface area (Å²) in [4.78, 5) is 10.5. The maximum atomic E-state index is 10.5. The number of carboxylic acids is 1. The molecule has 0 radical (unpaired) electrons. The third-order valence-corrected chi connectivity index (χ3v) is 2.61. The van der Waals surface area contributed by atoms with Crippen molar-refractivity contribution in [3.8, 4) is 0 Å². The van der Waals surface area contributed by atoms with Crippen LogP contribution >= 0.6 is 0 Å².